The molecule has 0 radical (unpaired) electrons. The van der Waals surface area contributed by atoms with E-state index in [1.54, 1.807) is 12.4 Å². The maximum atomic E-state index is 5.46. The van der Waals surface area contributed by atoms with Crippen molar-refractivity contribution in [1.29, 1.82) is 0 Å². The minimum absolute atomic E-state index is 0.0178. The van der Waals surface area contributed by atoms with Gasteiger partial charge in [0, 0.05) is 18.9 Å². The summed E-state index contributed by atoms with van der Waals surface area (Å²) in [5.74, 6) is 1.91. The van der Waals surface area contributed by atoms with Gasteiger partial charge in [-0.15, -0.1) is 0 Å². The van der Waals surface area contributed by atoms with E-state index in [9.17, 15) is 0 Å². The Labute approximate surface area is 105 Å². The second kappa shape index (κ2) is 4.53. The molecule has 0 aliphatic carbocycles. The second-order valence-electron chi connectivity index (χ2n) is 4.78. The lowest BCUT2D eigenvalue weighted by Gasteiger charge is -2.33. The Balaban J connectivity index is 1.92. The molecule has 3 rings (SSSR count). The minimum Gasteiger partial charge on any atom is -0.342 e. The Hall–Kier alpha value is -1.69. The number of hydrogen-bond acceptors (Lipinski definition) is 5. The smallest absolute Gasteiger partial charge is 0.238 e. The first-order valence-electron chi connectivity index (χ1n) is 6.39. The molecule has 2 aromatic heterocycles. The normalized spacial score (nSPS) is 24.3. The summed E-state index contributed by atoms with van der Waals surface area (Å²) in [5, 5.41) is 7.44. The zero-order chi connectivity index (χ0) is 12.4. The molecule has 0 saturated carbocycles. The van der Waals surface area contributed by atoms with Crippen molar-refractivity contribution < 1.29 is 4.52 Å². The fraction of sp³-hybridized carbons (Fsp3) is 0.583. The Morgan fingerprint density at radius 2 is 2.44 bits per heavy atom. The van der Waals surface area contributed by atoms with Crippen LogP contribution in [0.1, 0.15) is 32.1 Å². The van der Waals surface area contributed by atoms with E-state index in [2.05, 4.69) is 32.3 Å². The third-order valence-electron chi connectivity index (χ3n) is 3.74. The van der Waals surface area contributed by atoms with Crippen LogP contribution in [0.5, 0.6) is 0 Å². The lowest BCUT2D eigenvalue weighted by atomic mass is 9.78. The molecule has 0 spiro atoms. The molecule has 1 unspecified atom stereocenters. The van der Waals surface area contributed by atoms with E-state index in [1.165, 1.54) is 0 Å². The van der Waals surface area contributed by atoms with E-state index in [0.29, 0.717) is 11.6 Å². The Morgan fingerprint density at radius 1 is 1.50 bits per heavy atom. The van der Waals surface area contributed by atoms with Crippen LogP contribution in [0.3, 0.4) is 0 Å². The average molecular weight is 247 g/mol. The Kier molecular flexibility index (Phi) is 2.87. The lowest BCUT2D eigenvalue weighted by molar-refractivity contribution is 0.221. The number of nitrogens with zero attached hydrogens (tertiary/aromatic N) is 3. The first-order chi connectivity index (χ1) is 8.84. The quantitative estimate of drug-likeness (QED) is 0.859. The highest BCUT2D eigenvalue weighted by Gasteiger charge is 2.37. The van der Waals surface area contributed by atoms with E-state index in [-0.39, 0.29) is 5.41 Å². The highest BCUT2D eigenvalue weighted by molar-refractivity contribution is 5.41. The van der Waals surface area contributed by atoms with Crippen LogP contribution in [0.2, 0.25) is 0 Å². The summed E-state index contributed by atoms with van der Waals surface area (Å²) in [4.78, 5) is 11.6. The molecule has 18 heavy (non-hydrogen) atoms. The molecule has 2 aromatic rings. The van der Waals surface area contributed by atoms with Crippen molar-refractivity contribution in [2.24, 2.45) is 0 Å². The summed E-state index contributed by atoms with van der Waals surface area (Å²) in [6.07, 6.45) is 6.68. The molecule has 2 N–H and O–H groups in total. The van der Waals surface area contributed by atoms with Gasteiger partial charge in [-0.1, -0.05) is 12.1 Å². The van der Waals surface area contributed by atoms with Gasteiger partial charge in [-0.3, -0.25) is 0 Å². The molecule has 1 fully saturated rings. The van der Waals surface area contributed by atoms with Crippen LogP contribution in [0, 0.1) is 0 Å². The van der Waals surface area contributed by atoms with Gasteiger partial charge in [-0.25, -0.2) is 4.98 Å². The predicted octanol–water partition coefficient (Wildman–Crippen LogP) is 1.49. The molecule has 0 bridgehead atoms. The van der Waals surface area contributed by atoms with Gasteiger partial charge in [0.15, 0.2) is 5.82 Å². The molecule has 0 amide bonds. The van der Waals surface area contributed by atoms with Crippen LogP contribution in [0.4, 0.5) is 0 Å². The topological polar surface area (TPSA) is 79.6 Å². The Morgan fingerprint density at radius 3 is 3.11 bits per heavy atom. The van der Waals surface area contributed by atoms with Gasteiger partial charge < -0.3 is 14.8 Å². The van der Waals surface area contributed by atoms with E-state index in [0.717, 1.165) is 38.2 Å². The highest BCUT2D eigenvalue weighted by Crippen LogP contribution is 2.33. The fourth-order valence-corrected chi connectivity index (χ4v) is 2.53. The number of piperidine rings is 1. The average Bonchev–Trinajstić information content (AvgIpc) is 3.10. The van der Waals surface area contributed by atoms with Crippen LogP contribution in [-0.2, 0) is 5.41 Å². The monoisotopic (exact) mass is 247 g/mol. The van der Waals surface area contributed by atoms with Gasteiger partial charge in [-0.05, 0) is 25.8 Å². The molecule has 1 aliphatic heterocycles. The zero-order valence-corrected chi connectivity index (χ0v) is 10.4. The second-order valence-corrected chi connectivity index (χ2v) is 4.78. The summed E-state index contributed by atoms with van der Waals surface area (Å²) in [6.45, 7) is 4.15. The molecule has 3 heterocycles. The van der Waals surface area contributed by atoms with Crippen LogP contribution < -0.4 is 5.32 Å². The molecular weight excluding hydrogens is 230 g/mol. The number of nitrogens with one attached hydrogen (secondary N) is 2. The van der Waals surface area contributed by atoms with Gasteiger partial charge in [0.2, 0.25) is 11.7 Å². The first kappa shape index (κ1) is 11.4. The number of imidazole rings is 1. The van der Waals surface area contributed by atoms with Gasteiger partial charge in [0.05, 0.1) is 5.41 Å². The summed E-state index contributed by atoms with van der Waals surface area (Å²) in [7, 11) is 0. The molecular formula is C12H17N5O. The zero-order valence-electron chi connectivity index (χ0n) is 10.4. The summed E-state index contributed by atoms with van der Waals surface area (Å²) < 4.78 is 5.46. The summed E-state index contributed by atoms with van der Waals surface area (Å²) in [6, 6.07) is 0. The number of aromatic amines is 1. The van der Waals surface area contributed by atoms with E-state index < -0.39 is 0 Å². The number of hydrogen-bond donors (Lipinski definition) is 2. The molecule has 1 atom stereocenters. The van der Waals surface area contributed by atoms with Gasteiger partial charge >= 0.3 is 0 Å². The van der Waals surface area contributed by atoms with E-state index in [1.807, 2.05) is 0 Å². The van der Waals surface area contributed by atoms with E-state index >= 15 is 0 Å². The molecule has 1 aliphatic rings. The third-order valence-corrected chi connectivity index (χ3v) is 3.74. The standard InChI is InChI=1S/C12H17N5O/c1-2-12(4-3-5-13-8-12)11-16-10(17-18-11)9-14-6-7-15-9/h6-7,13H,2-5,8H2,1H3,(H,14,15). The third kappa shape index (κ3) is 1.82. The largest absolute Gasteiger partial charge is 0.342 e. The van der Waals surface area contributed by atoms with Crippen LogP contribution >= 0.6 is 0 Å². The van der Waals surface area contributed by atoms with Crippen molar-refractivity contribution in [3.63, 3.8) is 0 Å². The van der Waals surface area contributed by atoms with Crippen molar-refractivity contribution in [3.05, 3.63) is 18.3 Å². The van der Waals surface area contributed by atoms with Crippen molar-refractivity contribution >= 4 is 0 Å². The van der Waals surface area contributed by atoms with Gasteiger partial charge in [0.25, 0.3) is 0 Å². The molecule has 1 saturated heterocycles. The fourth-order valence-electron chi connectivity index (χ4n) is 2.53. The summed E-state index contributed by atoms with van der Waals surface area (Å²) in [5.41, 5.74) is -0.0178. The highest BCUT2D eigenvalue weighted by atomic mass is 16.5. The lowest BCUT2D eigenvalue weighted by Crippen LogP contribution is -2.43. The molecule has 0 aromatic carbocycles. The van der Waals surface area contributed by atoms with Crippen molar-refractivity contribution in [3.8, 4) is 11.6 Å². The van der Waals surface area contributed by atoms with Crippen LogP contribution in [-0.4, -0.2) is 33.2 Å². The number of aromatic nitrogens is 4. The van der Waals surface area contributed by atoms with Crippen molar-refractivity contribution in [2.75, 3.05) is 13.1 Å². The first-order valence-corrected chi connectivity index (χ1v) is 6.39. The SMILES string of the molecule is CCC1(c2nc(-c3ncc[nH]3)no2)CCCNC1. The van der Waals surface area contributed by atoms with Crippen molar-refractivity contribution in [1.82, 2.24) is 25.4 Å². The summed E-state index contributed by atoms with van der Waals surface area (Å²) >= 11 is 0. The Bertz CT molecular complexity index is 498. The number of rotatable bonds is 3. The van der Waals surface area contributed by atoms with Crippen LogP contribution in [0.25, 0.3) is 11.6 Å². The van der Waals surface area contributed by atoms with Crippen molar-refractivity contribution in [2.45, 2.75) is 31.6 Å². The molecule has 6 heteroatoms. The maximum Gasteiger partial charge on any atom is 0.238 e. The minimum atomic E-state index is -0.0178. The molecule has 6 nitrogen and oxygen atoms in total. The van der Waals surface area contributed by atoms with Gasteiger partial charge in [0.1, 0.15) is 0 Å². The number of H-pyrrole nitrogens is 1. The maximum absolute atomic E-state index is 5.46. The van der Waals surface area contributed by atoms with Gasteiger partial charge in [-0.2, -0.15) is 4.98 Å². The molecule has 96 valence electrons. The van der Waals surface area contributed by atoms with Crippen LogP contribution in [0.15, 0.2) is 16.9 Å². The predicted molar refractivity (Wildman–Crippen MR) is 66.0 cm³/mol. The van der Waals surface area contributed by atoms with E-state index in [4.69, 9.17) is 4.52 Å².